The van der Waals surface area contributed by atoms with Gasteiger partial charge in [0.2, 0.25) is 0 Å². The lowest BCUT2D eigenvalue weighted by Gasteiger charge is -2.13. The first-order chi connectivity index (χ1) is 4.59. The van der Waals surface area contributed by atoms with E-state index in [9.17, 15) is 4.79 Å². The van der Waals surface area contributed by atoms with Crippen LogP contribution in [0.3, 0.4) is 0 Å². The molecule has 0 radical (unpaired) electrons. The number of hydrogen-bond acceptors (Lipinski definition) is 2. The van der Waals surface area contributed by atoms with E-state index < -0.39 is 11.9 Å². The van der Waals surface area contributed by atoms with Crippen molar-refractivity contribution in [3.63, 3.8) is 0 Å². The molecule has 1 atom stereocenters. The van der Waals surface area contributed by atoms with Gasteiger partial charge in [0.15, 0.2) is 0 Å². The summed E-state index contributed by atoms with van der Waals surface area (Å²) >= 11 is 0. The van der Waals surface area contributed by atoms with Crippen molar-refractivity contribution in [2.75, 3.05) is 6.61 Å². The van der Waals surface area contributed by atoms with Gasteiger partial charge in [-0.05, 0) is 12.3 Å². The Labute approximate surface area is 60.7 Å². The predicted octanol–water partition coefficient (Wildman–Crippen LogP) is 0.726. The Morgan fingerprint density at radius 1 is 1.50 bits per heavy atom. The van der Waals surface area contributed by atoms with Crippen molar-refractivity contribution < 1.29 is 15.0 Å². The summed E-state index contributed by atoms with van der Waals surface area (Å²) in [6.07, 6.45) is 0.354. The molecule has 0 fully saturated rings. The van der Waals surface area contributed by atoms with Crippen molar-refractivity contribution in [2.24, 2.45) is 11.8 Å². The number of rotatable bonds is 4. The van der Waals surface area contributed by atoms with Crippen molar-refractivity contribution in [1.82, 2.24) is 0 Å². The molecular formula is C7H14O3. The van der Waals surface area contributed by atoms with Crippen molar-refractivity contribution in [3.05, 3.63) is 0 Å². The quantitative estimate of drug-likeness (QED) is 0.614. The van der Waals surface area contributed by atoms with Crippen molar-refractivity contribution in [1.29, 1.82) is 0 Å². The number of aliphatic hydroxyl groups is 1. The molecule has 3 heteroatoms. The van der Waals surface area contributed by atoms with Crippen molar-refractivity contribution in [3.8, 4) is 0 Å². The lowest BCUT2D eigenvalue weighted by molar-refractivity contribution is -0.143. The second kappa shape index (κ2) is 4.28. The van der Waals surface area contributed by atoms with Crippen LogP contribution in [0.2, 0.25) is 0 Å². The third kappa shape index (κ3) is 2.82. The Kier molecular flexibility index (Phi) is 4.03. The Morgan fingerprint density at radius 3 is 2.10 bits per heavy atom. The summed E-state index contributed by atoms with van der Waals surface area (Å²) in [6, 6.07) is 0. The smallest absolute Gasteiger partial charge is 0.306 e. The van der Waals surface area contributed by atoms with E-state index in [1.807, 2.05) is 13.8 Å². The van der Waals surface area contributed by atoms with Crippen LogP contribution in [-0.2, 0) is 4.79 Å². The molecular weight excluding hydrogens is 132 g/mol. The first-order valence-corrected chi connectivity index (χ1v) is 3.43. The summed E-state index contributed by atoms with van der Waals surface area (Å²) in [7, 11) is 0. The molecule has 3 nitrogen and oxygen atoms in total. The largest absolute Gasteiger partial charge is 0.481 e. The fraction of sp³-hybridized carbons (Fsp3) is 0.857. The van der Waals surface area contributed by atoms with E-state index in [0.29, 0.717) is 6.42 Å². The summed E-state index contributed by atoms with van der Waals surface area (Å²) in [4.78, 5) is 10.4. The van der Waals surface area contributed by atoms with E-state index in [2.05, 4.69) is 0 Å². The highest BCUT2D eigenvalue weighted by Crippen LogP contribution is 2.14. The van der Waals surface area contributed by atoms with Gasteiger partial charge in [0.25, 0.3) is 0 Å². The molecule has 0 aliphatic heterocycles. The number of hydrogen-bond donors (Lipinski definition) is 2. The van der Waals surface area contributed by atoms with Gasteiger partial charge in [-0.3, -0.25) is 4.79 Å². The number of aliphatic hydroxyl groups excluding tert-OH is 1. The fourth-order valence-electron chi connectivity index (χ4n) is 0.881. The van der Waals surface area contributed by atoms with Gasteiger partial charge < -0.3 is 10.2 Å². The lowest BCUT2D eigenvalue weighted by atomic mass is 9.93. The SMILES string of the molecule is CC(C)C(CCO)C(=O)O. The Hall–Kier alpha value is -0.570. The average Bonchev–Trinajstić information content (AvgIpc) is 1.81. The Balaban J connectivity index is 3.85. The zero-order valence-electron chi connectivity index (χ0n) is 6.37. The van der Waals surface area contributed by atoms with E-state index in [1.54, 1.807) is 0 Å². The molecule has 0 aliphatic rings. The molecule has 0 saturated carbocycles. The third-order valence-electron chi connectivity index (χ3n) is 1.56. The Morgan fingerprint density at radius 2 is 2.00 bits per heavy atom. The van der Waals surface area contributed by atoms with E-state index in [4.69, 9.17) is 10.2 Å². The molecule has 0 amide bonds. The van der Waals surface area contributed by atoms with Crippen LogP contribution in [0.4, 0.5) is 0 Å². The predicted molar refractivity (Wildman–Crippen MR) is 37.7 cm³/mol. The Bertz CT molecular complexity index is 109. The molecule has 0 saturated heterocycles. The van der Waals surface area contributed by atoms with Gasteiger partial charge in [-0.15, -0.1) is 0 Å². The van der Waals surface area contributed by atoms with Crippen LogP contribution in [0.25, 0.3) is 0 Å². The number of carboxylic acids is 1. The van der Waals surface area contributed by atoms with Gasteiger partial charge >= 0.3 is 5.97 Å². The van der Waals surface area contributed by atoms with Crippen LogP contribution >= 0.6 is 0 Å². The molecule has 0 rings (SSSR count). The van der Waals surface area contributed by atoms with Crippen LogP contribution in [0, 0.1) is 11.8 Å². The normalized spacial score (nSPS) is 13.6. The maximum atomic E-state index is 10.4. The second-order valence-corrected chi connectivity index (χ2v) is 2.70. The molecule has 0 aromatic carbocycles. The van der Waals surface area contributed by atoms with Gasteiger partial charge in [0.05, 0.1) is 5.92 Å². The molecule has 0 aromatic rings. The highest BCUT2D eigenvalue weighted by Gasteiger charge is 2.19. The second-order valence-electron chi connectivity index (χ2n) is 2.70. The van der Waals surface area contributed by atoms with Crippen LogP contribution < -0.4 is 0 Å². The summed E-state index contributed by atoms with van der Waals surface area (Å²) in [5.41, 5.74) is 0. The maximum Gasteiger partial charge on any atom is 0.306 e. The highest BCUT2D eigenvalue weighted by molar-refractivity contribution is 5.70. The molecule has 0 aromatic heterocycles. The molecule has 0 spiro atoms. The van der Waals surface area contributed by atoms with Gasteiger partial charge in [0, 0.05) is 6.61 Å². The minimum absolute atomic E-state index is 0.0465. The number of carbonyl (C=O) groups is 1. The van der Waals surface area contributed by atoms with E-state index in [0.717, 1.165) is 0 Å². The fourth-order valence-corrected chi connectivity index (χ4v) is 0.881. The van der Waals surface area contributed by atoms with Crippen molar-refractivity contribution >= 4 is 5.97 Å². The van der Waals surface area contributed by atoms with Gasteiger partial charge in [-0.1, -0.05) is 13.8 Å². The minimum Gasteiger partial charge on any atom is -0.481 e. The van der Waals surface area contributed by atoms with Crippen LogP contribution in [0.5, 0.6) is 0 Å². The molecule has 0 aliphatic carbocycles. The lowest BCUT2D eigenvalue weighted by Crippen LogP contribution is -2.20. The van der Waals surface area contributed by atoms with Crippen LogP contribution in [0.15, 0.2) is 0 Å². The number of aliphatic carboxylic acids is 1. The summed E-state index contributed by atoms with van der Waals surface area (Å²) in [5.74, 6) is -1.11. The molecule has 1 unspecified atom stereocenters. The summed E-state index contributed by atoms with van der Waals surface area (Å²) in [6.45, 7) is 3.64. The van der Waals surface area contributed by atoms with E-state index in [1.165, 1.54) is 0 Å². The molecule has 2 N–H and O–H groups in total. The first-order valence-electron chi connectivity index (χ1n) is 3.43. The van der Waals surface area contributed by atoms with Gasteiger partial charge in [-0.25, -0.2) is 0 Å². The molecule has 0 heterocycles. The number of carboxylic acid groups (broad SMARTS) is 1. The maximum absolute atomic E-state index is 10.4. The topological polar surface area (TPSA) is 57.5 Å². The molecule has 0 bridgehead atoms. The standard InChI is InChI=1S/C7H14O3/c1-5(2)6(3-4-8)7(9)10/h5-6,8H,3-4H2,1-2H3,(H,9,10). The van der Waals surface area contributed by atoms with E-state index >= 15 is 0 Å². The highest BCUT2D eigenvalue weighted by atomic mass is 16.4. The minimum atomic E-state index is -0.816. The van der Waals surface area contributed by atoms with E-state index in [-0.39, 0.29) is 12.5 Å². The van der Waals surface area contributed by atoms with Crippen molar-refractivity contribution in [2.45, 2.75) is 20.3 Å². The van der Waals surface area contributed by atoms with Crippen LogP contribution in [-0.4, -0.2) is 22.8 Å². The third-order valence-corrected chi connectivity index (χ3v) is 1.56. The molecule has 60 valence electrons. The van der Waals surface area contributed by atoms with Gasteiger partial charge in [0.1, 0.15) is 0 Å². The summed E-state index contributed by atoms with van der Waals surface area (Å²) < 4.78 is 0. The molecule has 10 heavy (non-hydrogen) atoms. The van der Waals surface area contributed by atoms with Crippen LogP contribution in [0.1, 0.15) is 20.3 Å². The monoisotopic (exact) mass is 146 g/mol. The summed E-state index contributed by atoms with van der Waals surface area (Å²) in [5, 5.41) is 17.0. The first kappa shape index (κ1) is 9.43. The zero-order chi connectivity index (χ0) is 8.15. The zero-order valence-corrected chi connectivity index (χ0v) is 6.37. The average molecular weight is 146 g/mol. The van der Waals surface area contributed by atoms with Gasteiger partial charge in [-0.2, -0.15) is 0 Å².